The van der Waals surface area contributed by atoms with Crippen LogP contribution in [0.2, 0.25) is 0 Å². The van der Waals surface area contributed by atoms with Gasteiger partial charge in [-0.2, -0.15) is 0 Å². The zero-order valence-electron chi connectivity index (χ0n) is 19.7. The number of hydrogen-bond acceptors (Lipinski definition) is 5. The van der Waals surface area contributed by atoms with Crippen molar-refractivity contribution in [2.45, 2.75) is 26.3 Å². The third kappa shape index (κ3) is 5.03. The van der Waals surface area contributed by atoms with Gasteiger partial charge in [-0.1, -0.05) is 36.1 Å². The number of carbonyl (C=O) groups is 2. The number of likely N-dealkylation sites (tertiary alicyclic amines) is 1. The fraction of sp³-hybridized carbons (Fsp3) is 0.385. The zero-order valence-corrected chi connectivity index (χ0v) is 19.7. The SMILES string of the molecule is CC[NH+](CC)CCCN1C(=O)C(=O)C(=C([O-])c2cccc(OC)c2)C1c1ccccc1OC. The smallest absolute Gasteiger partial charge is 0.295 e. The van der Waals surface area contributed by atoms with Gasteiger partial charge in [0.15, 0.2) is 0 Å². The van der Waals surface area contributed by atoms with Crippen molar-refractivity contribution >= 4 is 17.4 Å². The summed E-state index contributed by atoms with van der Waals surface area (Å²) in [7, 11) is 3.05. The van der Waals surface area contributed by atoms with E-state index in [1.165, 1.54) is 24.0 Å². The molecule has 176 valence electrons. The normalized spacial score (nSPS) is 17.6. The number of ether oxygens (including phenoxy) is 2. The predicted molar refractivity (Wildman–Crippen MR) is 124 cm³/mol. The standard InChI is InChI=1S/C26H32N2O5/c1-5-27(6-2)15-10-16-28-23(20-13-7-8-14-21(20)33-4)22(25(30)26(28)31)24(29)18-11-9-12-19(17-18)32-3/h7-9,11-14,17,23,29H,5-6,10,15-16H2,1-4H3. The predicted octanol–water partition coefficient (Wildman–Crippen LogP) is 1.24. The lowest BCUT2D eigenvalue weighted by Crippen LogP contribution is -3.11. The van der Waals surface area contributed by atoms with Crippen molar-refractivity contribution in [1.29, 1.82) is 0 Å². The summed E-state index contributed by atoms with van der Waals surface area (Å²) in [6.45, 7) is 7.49. The Morgan fingerprint density at radius 1 is 1.03 bits per heavy atom. The number of hydrogen-bond donors (Lipinski definition) is 1. The molecule has 1 saturated heterocycles. The topological polar surface area (TPSA) is 83.3 Å². The number of methoxy groups -OCH3 is 2. The van der Waals surface area contributed by atoms with Gasteiger partial charge in [-0.15, -0.1) is 0 Å². The van der Waals surface area contributed by atoms with Crippen LogP contribution in [0.15, 0.2) is 54.1 Å². The molecule has 0 bridgehead atoms. The molecule has 2 aromatic rings. The third-order valence-electron chi connectivity index (χ3n) is 6.22. The molecular weight excluding hydrogens is 420 g/mol. The number of carbonyl (C=O) groups excluding carboxylic acids is 2. The summed E-state index contributed by atoms with van der Waals surface area (Å²) >= 11 is 0. The highest BCUT2D eigenvalue weighted by atomic mass is 16.5. The van der Waals surface area contributed by atoms with Gasteiger partial charge in [0, 0.05) is 24.1 Å². The van der Waals surface area contributed by atoms with Gasteiger partial charge in [-0.25, -0.2) is 0 Å². The molecule has 1 heterocycles. The van der Waals surface area contributed by atoms with Gasteiger partial charge < -0.3 is 24.4 Å². The van der Waals surface area contributed by atoms with Crippen LogP contribution in [0.5, 0.6) is 11.5 Å². The van der Waals surface area contributed by atoms with Crippen molar-refractivity contribution in [3.63, 3.8) is 0 Å². The number of quaternary nitrogens is 1. The van der Waals surface area contributed by atoms with Gasteiger partial charge in [0.1, 0.15) is 11.5 Å². The van der Waals surface area contributed by atoms with Crippen LogP contribution in [0, 0.1) is 0 Å². The van der Waals surface area contributed by atoms with Crippen LogP contribution in [0.4, 0.5) is 0 Å². The molecule has 0 spiro atoms. The molecule has 7 nitrogen and oxygen atoms in total. The van der Waals surface area contributed by atoms with E-state index in [0.29, 0.717) is 29.2 Å². The van der Waals surface area contributed by atoms with E-state index in [0.717, 1.165) is 26.1 Å². The molecule has 1 fully saturated rings. The largest absolute Gasteiger partial charge is 0.872 e. The summed E-state index contributed by atoms with van der Waals surface area (Å²) in [4.78, 5) is 29.2. The van der Waals surface area contributed by atoms with Crippen LogP contribution in [0.1, 0.15) is 37.4 Å². The molecule has 3 rings (SSSR count). The van der Waals surface area contributed by atoms with Crippen molar-refractivity contribution in [1.82, 2.24) is 4.90 Å². The monoisotopic (exact) mass is 452 g/mol. The maximum Gasteiger partial charge on any atom is 0.295 e. The summed E-state index contributed by atoms with van der Waals surface area (Å²) in [5.74, 6) is -0.841. The molecule has 1 aliphatic rings. The first-order valence-electron chi connectivity index (χ1n) is 11.3. The van der Waals surface area contributed by atoms with Crippen molar-refractivity contribution in [2.24, 2.45) is 0 Å². The molecule has 0 aromatic heterocycles. The molecule has 1 aliphatic heterocycles. The summed E-state index contributed by atoms with van der Waals surface area (Å²) in [6, 6.07) is 13.0. The number of amides is 1. The average Bonchev–Trinajstić information content (AvgIpc) is 3.10. The fourth-order valence-electron chi connectivity index (χ4n) is 4.34. The van der Waals surface area contributed by atoms with Gasteiger partial charge in [0.05, 0.1) is 39.9 Å². The van der Waals surface area contributed by atoms with E-state index in [4.69, 9.17) is 9.47 Å². The van der Waals surface area contributed by atoms with Crippen LogP contribution >= 0.6 is 0 Å². The molecule has 1 atom stereocenters. The van der Waals surface area contributed by atoms with Crippen LogP contribution < -0.4 is 19.5 Å². The number of benzene rings is 2. The number of ketones is 1. The number of rotatable bonds is 10. The number of nitrogens with one attached hydrogen (secondary N) is 1. The lowest BCUT2D eigenvalue weighted by Gasteiger charge is -2.29. The number of para-hydroxylation sites is 1. The molecule has 1 amide bonds. The van der Waals surface area contributed by atoms with Crippen molar-refractivity contribution in [3.05, 3.63) is 65.2 Å². The van der Waals surface area contributed by atoms with E-state index in [9.17, 15) is 14.7 Å². The summed E-state index contributed by atoms with van der Waals surface area (Å²) in [5, 5.41) is 13.5. The molecule has 1 N–H and O–H groups in total. The van der Waals surface area contributed by atoms with Crippen LogP contribution in [-0.2, 0) is 9.59 Å². The molecule has 7 heteroatoms. The zero-order chi connectivity index (χ0) is 24.0. The highest BCUT2D eigenvalue weighted by Crippen LogP contribution is 2.42. The maximum absolute atomic E-state index is 13.5. The molecule has 0 radical (unpaired) electrons. The lowest BCUT2D eigenvalue weighted by molar-refractivity contribution is -0.896. The summed E-state index contributed by atoms with van der Waals surface area (Å²) in [6.07, 6.45) is 0.725. The first-order valence-corrected chi connectivity index (χ1v) is 11.3. The first-order chi connectivity index (χ1) is 16.0. The summed E-state index contributed by atoms with van der Waals surface area (Å²) in [5.41, 5.74) is 0.883. The van der Waals surface area contributed by atoms with E-state index in [1.807, 2.05) is 12.1 Å². The minimum atomic E-state index is -0.799. The van der Waals surface area contributed by atoms with Crippen molar-refractivity contribution in [2.75, 3.05) is 40.4 Å². The second-order valence-corrected chi connectivity index (χ2v) is 8.01. The molecule has 0 saturated carbocycles. The van der Waals surface area contributed by atoms with Crippen LogP contribution in [-0.4, -0.2) is 57.0 Å². The molecule has 1 unspecified atom stereocenters. The third-order valence-corrected chi connectivity index (χ3v) is 6.22. The highest BCUT2D eigenvalue weighted by molar-refractivity contribution is 6.46. The van der Waals surface area contributed by atoms with Crippen LogP contribution in [0.25, 0.3) is 5.76 Å². The Hall–Kier alpha value is -3.32. The van der Waals surface area contributed by atoms with Crippen LogP contribution in [0.3, 0.4) is 0 Å². The minimum absolute atomic E-state index is 0.0482. The van der Waals surface area contributed by atoms with E-state index < -0.39 is 23.5 Å². The molecule has 2 aromatic carbocycles. The van der Waals surface area contributed by atoms with E-state index in [-0.39, 0.29) is 5.57 Å². The average molecular weight is 453 g/mol. The Labute approximate surface area is 195 Å². The van der Waals surface area contributed by atoms with Crippen molar-refractivity contribution in [3.8, 4) is 11.5 Å². The molecule has 33 heavy (non-hydrogen) atoms. The Morgan fingerprint density at radius 2 is 1.76 bits per heavy atom. The van der Waals surface area contributed by atoms with Gasteiger partial charge in [-0.3, -0.25) is 9.59 Å². The number of Topliss-reactive ketones (excluding diaryl/α,β-unsaturated/α-hetero) is 1. The van der Waals surface area contributed by atoms with Crippen molar-refractivity contribution < 1.29 is 29.1 Å². The Bertz CT molecular complexity index is 1030. The Balaban J connectivity index is 2.09. The van der Waals surface area contributed by atoms with Gasteiger partial charge in [-0.05, 0) is 37.6 Å². The van der Waals surface area contributed by atoms with E-state index in [1.54, 1.807) is 36.4 Å². The van der Waals surface area contributed by atoms with Gasteiger partial charge in [0.25, 0.3) is 5.91 Å². The lowest BCUT2D eigenvalue weighted by atomic mass is 9.94. The Morgan fingerprint density at radius 3 is 2.42 bits per heavy atom. The van der Waals surface area contributed by atoms with Gasteiger partial charge >= 0.3 is 0 Å². The quantitative estimate of drug-likeness (QED) is 0.333. The van der Waals surface area contributed by atoms with E-state index in [2.05, 4.69) is 13.8 Å². The highest BCUT2D eigenvalue weighted by Gasteiger charge is 2.45. The minimum Gasteiger partial charge on any atom is -0.872 e. The number of nitrogens with zero attached hydrogens (tertiary/aromatic N) is 1. The summed E-state index contributed by atoms with van der Waals surface area (Å²) < 4.78 is 10.8. The molecule has 0 aliphatic carbocycles. The fourth-order valence-corrected chi connectivity index (χ4v) is 4.34. The first kappa shape index (κ1) is 24.3. The van der Waals surface area contributed by atoms with E-state index >= 15 is 0 Å². The van der Waals surface area contributed by atoms with Gasteiger partial charge in [0.2, 0.25) is 5.78 Å². The maximum atomic E-state index is 13.5. The second kappa shape index (κ2) is 11.0. The molecular formula is C26H32N2O5. The second-order valence-electron chi connectivity index (χ2n) is 8.01. The Kier molecular flexibility index (Phi) is 8.11.